The molecule has 2 rings (SSSR count). The van der Waals surface area contributed by atoms with Crippen LogP contribution in [0.5, 0.6) is 0 Å². The summed E-state index contributed by atoms with van der Waals surface area (Å²) in [5.41, 5.74) is 0. The van der Waals surface area contributed by atoms with Crippen molar-refractivity contribution >= 4 is 32.4 Å². The number of nitrogens with one attached hydrogen (secondary N) is 1. The molecule has 0 atom stereocenters. The van der Waals surface area contributed by atoms with Crippen molar-refractivity contribution in [2.45, 2.75) is 31.1 Å². The second-order valence-electron chi connectivity index (χ2n) is 4.70. The third kappa shape index (κ3) is 3.32. The van der Waals surface area contributed by atoms with Gasteiger partial charge in [0.15, 0.2) is 0 Å². The number of benzene rings is 2. The maximum atomic E-state index is 12.4. The number of hydrogen-bond acceptors (Lipinski definition) is 2. The first-order valence-corrected chi connectivity index (χ1v) is 8.59. The van der Waals surface area contributed by atoms with Gasteiger partial charge in [0, 0.05) is 22.3 Å². The first-order chi connectivity index (χ1) is 9.56. The van der Waals surface area contributed by atoms with Crippen LogP contribution in [-0.2, 0) is 10.0 Å². The highest BCUT2D eigenvalue weighted by atomic mass is 35.5. The lowest BCUT2D eigenvalue weighted by atomic mass is 10.1. The van der Waals surface area contributed by atoms with E-state index in [4.69, 9.17) is 11.6 Å². The van der Waals surface area contributed by atoms with Crippen LogP contribution in [0.25, 0.3) is 10.8 Å². The van der Waals surface area contributed by atoms with Crippen LogP contribution in [0.2, 0.25) is 5.02 Å². The molecule has 0 radical (unpaired) electrons. The van der Waals surface area contributed by atoms with Crippen molar-refractivity contribution in [3.05, 3.63) is 41.4 Å². The van der Waals surface area contributed by atoms with E-state index in [1.807, 2.05) is 6.07 Å². The number of hydrogen-bond donors (Lipinski definition) is 1. The minimum Gasteiger partial charge on any atom is -0.211 e. The van der Waals surface area contributed by atoms with Gasteiger partial charge in [-0.25, -0.2) is 13.1 Å². The van der Waals surface area contributed by atoms with Crippen LogP contribution in [-0.4, -0.2) is 15.0 Å². The molecule has 3 nitrogen and oxygen atoms in total. The second kappa shape index (κ2) is 6.57. The molecule has 1 N–H and O–H groups in total. The zero-order chi connectivity index (χ0) is 14.6. The van der Waals surface area contributed by atoms with E-state index < -0.39 is 10.0 Å². The third-order valence-corrected chi connectivity index (χ3v) is 5.04. The Labute approximate surface area is 125 Å². The van der Waals surface area contributed by atoms with Crippen molar-refractivity contribution in [3.63, 3.8) is 0 Å². The van der Waals surface area contributed by atoms with Crippen LogP contribution in [0.1, 0.15) is 26.2 Å². The molecule has 20 heavy (non-hydrogen) atoms. The molecule has 0 spiro atoms. The van der Waals surface area contributed by atoms with Crippen molar-refractivity contribution in [1.82, 2.24) is 4.72 Å². The van der Waals surface area contributed by atoms with Crippen LogP contribution in [0.3, 0.4) is 0 Å². The summed E-state index contributed by atoms with van der Waals surface area (Å²) in [7, 11) is -3.49. The molecule has 108 valence electrons. The molecule has 2 aromatic carbocycles. The summed E-state index contributed by atoms with van der Waals surface area (Å²) < 4.78 is 27.4. The Morgan fingerprint density at radius 3 is 2.50 bits per heavy atom. The smallest absolute Gasteiger partial charge is 0.211 e. The van der Waals surface area contributed by atoms with E-state index in [1.54, 1.807) is 30.3 Å². The van der Waals surface area contributed by atoms with Gasteiger partial charge in [-0.3, -0.25) is 0 Å². The SMILES string of the molecule is CCCCCNS(=O)(=O)c1cccc2c(Cl)cccc12. The first-order valence-electron chi connectivity index (χ1n) is 6.73. The van der Waals surface area contributed by atoms with Crippen LogP contribution in [0.15, 0.2) is 41.3 Å². The molecular formula is C15H18ClNO2S. The zero-order valence-electron chi connectivity index (χ0n) is 11.4. The topological polar surface area (TPSA) is 46.2 Å². The van der Waals surface area contributed by atoms with Crippen molar-refractivity contribution in [2.75, 3.05) is 6.54 Å². The summed E-state index contributed by atoms with van der Waals surface area (Å²) in [5, 5.41) is 1.97. The largest absolute Gasteiger partial charge is 0.241 e. The van der Waals surface area contributed by atoms with Gasteiger partial charge >= 0.3 is 0 Å². The average Bonchev–Trinajstić information content (AvgIpc) is 2.43. The highest BCUT2D eigenvalue weighted by Gasteiger charge is 2.17. The number of fused-ring (bicyclic) bond motifs is 1. The van der Waals surface area contributed by atoms with E-state index >= 15 is 0 Å². The second-order valence-corrected chi connectivity index (χ2v) is 6.84. The van der Waals surface area contributed by atoms with Crippen molar-refractivity contribution in [3.8, 4) is 0 Å². The number of rotatable bonds is 6. The third-order valence-electron chi connectivity index (χ3n) is 3.19. The Balaban J connectivity index is 2.35. The summed E-state index contributed by atoms with van der Waals surface area (Å²) in [6.45, 7) is 2.55. The number of sulfonamides is 1. The molecule has 0 heterocycles. The Bertz CT molecular complexity index is 698. The fourth-order valence-corrected chi connectivity index (χ4v) is 3.67. The first kappa shape index (κ1) is 15.3. The molecule has 0 aromatic heterocycles. The number of unbranched alkanes of at least 4 members (excludes halogenated alkanes) is 2. The summed E-state index contributed by atoms with van der Waals surface area (Å²) in [6, 6.07) is 10.5. The van der Waals surface area contributed by atoms with Crippen LogP contribution in [0, 0.1) is 0 Å². The molecule has 0 unspecified atom stereocenters. The molecule has 0 fully saturated rings. The standard InChI is InChI=1S/C15H18ClNO2S/c1-2-3-4-11-17-20(18,19)15-10-6-7-12-13(15)8-5-9-14(12)16/h5-10,17H,2-4,11H2,1H3. The van der Waals surface area contributed by atoms with Crippen LogP contribution in [0.4, 0.5) is 0 Å². The molecule has 2 aromatic rings. The van der Waals surface area contributed by atoms with Gasteiger partial charge in [-0.2, -0.15) is 0 Å². The summed E-state index contributed by atoms with van der Waals surface area (Å²) in [6.07, 6.45) is 2.93. The van der Waals surface area contributed by atoms with Gasteiger partial charge in [0.2, 0.25) is 10.0 Å². The zero-order valence-corrected chi connectivity index (χ0v) is 13.0. The average molecular weight is 312 g/mol. The molecule has 0 saturated heterocycles. The Hall–Kier alpha value is -1.10. The highest BCUT2D eigenvalue weighted by Crippen LogP contribution is 2.28. The minimum absolute atomic E-state index is 0.286. The van der Waals surface area contributed by atoms with Crippen LogP contribution >= 0.6 is 11.6 Å². The molecule has 0 aliphatic carbocycles. The van der Waals surface area contributed by atoms with E-state index in [9.17, 15) is 8.42 Å². The van der Waals surface area contributed by atoms with E-state index in [0.29, 0.717) is 17.0 Å². The maximum Gasteiger partial charge on any atom is 0.241 e. The Kier molecular flexibility index (Phi) is 5.02. The number of halogens is 1. The van der Waals surface area contributed by atoms with Crippen molar-refractivity contribution in [1.29, 1.82) is 0 Å². The van der Waals surface area contributed by atoms with Gasteiger partial charge in [-0.15, -0.1) is 0 Å². The Morgan fingerprint density at radius 1 is 1.05 bits per heavy atom. The Morgan fingerprint density at radius 2 is 1.75 bits per heavy atom. The highest BCUT2D eigenvalue weighted by molar-refractivity contribution is 7.89. The molecule has 0 amide bonds. The van der Waals surface area contributed by atoms with Gasteiger partial charge in [-0.1, -0.05) is 55.6 Å². The summed E-state index contributed by atoms with van der Waals surface area (Å²) in [4.78, 5) is 0.286. The van der Waals surface area contributed by atoms with Crippen molar-refractivity contribution < 1.29 is 8.42 Å². The summed E-state index contributed by atoms with van der Waals surface area (Å²) in [5.74, 6) is 0. The van der Waals surface area contributed by atoms with Crippen LogP contribution < -0.4 is 4.72 Å². The molecule has 5 heteroatoms. The monoisotopic (exact) mass is 311 g/mol. The lowest BCUT2D eigenvalue weighted by molar-refractivity contribution is 0.577. The lowest BCUT2D eigenvalue weighted by Crippen LogP contribution is -2.25. The van der Waals surface area contributed by atoms with Gasteiger partial charge in [0.05, 0.1) is 4.90 Å². The van der Waals surface area contributed by atoms with Gasteiger partial charge in [-0.05, 0) is 18.6 Å². The molecule has 0 aliphatic rings. The van der Waals surface area contributed by atoms with Gasteiger partial charge < -0.3 is 0 Å². The van der Waals surface area contributed by atoms with E-state index in [1.165, 1.54) is 0 Å². The van der Waals surface area contributed by atoms with Gasteiger partial charge in [0.25, 0.3) is 0 Å². The normalized spacial score (nSPS) is 11.9. The molecule has 0 aliphatic heterocycles. The van der Waals surface area contributed by atoms with E-state index in [2.05, 4.69) is 11.6 Å². The van der Waals surface area contributed by atoms with Crippen molar-refractivity contribution in [2.24, 2.45) is 0 Å². The van der Waals surface area contributed by atoms with E-state index in [-0.39, 0.29) is 4.90 Å². The maximum absolute atomic E-state index is 12.4. The molecular weight excluding hydrogens is 294 g/mol. The fourth-order valence-electron chi connectivity index (χ4n) is 2.14. The summed E-state index contributed by atoms with van der Waals surface area (Å²) >= 11 is 6.11. The minimum atomic E-state index is -3.49. The molecule has 0 saturated carbocycles. The predicted octanol–water partition coefficient (Wildman–Crippen LogP) is 3.96. The molecule has 0 bridgehead atoms. The fraction of sp³-hybridized carbons (Fsp3) is 0.333. The van der Waals surface area contributed by atoms with Gasteiger partial charge in [0.1, 0.15) is 0 Å². The van der Waals surface area contributed by atoms with E-state index in [0.717, 1.165) is 24.6 Å². The quantitative estimate of drug-likeness (QED) is 0.821. The predicted molar refractivity (Wildman–Crippen MR) is 83.7 cm³/mol. The lowest BCUT2D eigenvalue weighted by Gasteiger charge is -2.10.